The number of benzene rings is 4. The monoisotopic (exact) mass is 664 g/mol. The number of aliphatic imine (C=N–C) groups is 1. The minimum absolute atomic E-state index is 0.168. The molecule has 3 N–H and O–H groups in total. The van der Waals surface area contributed by atoms with Crippen molar-refractivity contribution in [2.24, 2.45) is 4.99 Å². The molecule has 0 saturated carbocycles. The highest BCUT2D eigenvalue weighted by Gasteiger charge is 2.34. The summed E-state index contributed by atoms with van der Waals surface area (Å²) in [7, 11) is 0. The normalized spacial score (nSPS) is 16.4. The number of hydrogen-bond donors (Lipinski definition) is 3. The number of nitrogens with zero attached hydrogens (tertiary/aromatic N) is 2. The number of amides is 2. The van der Waals surface area contributed by atoms with Crippen molar-refractivity contribution in [1.82, 2.24) is 10.2 Å². The maximum absolute atomic E-state index is 13.9. The highest BCUT2D eigenvalue weighted by atomic mass is 19.1. The van der Waals surface area contributed by atoms with Crippen LogP contribution in [0.25, 0.3) is 0 Å². The third kappa shape index (κ3) is 9.39. The van der Waals surface area contributed by atoms with Crippen molar-refractivity contribution in [3.05, 3.63) is 137 Å². The van der Waals surface area contributed by atoms with E-state index in [4.69, 9.17) is 9.73 Å². The quantitative estimate of drug-likeness (QED) is 0.149. The fourth-order valence-electron chi connectivity index (χ4n) is 5.90. The second-order valence-electron chi connectivity index (χ2n) is 13.0. The van der Waals surface area contributed by atoms with Gasteiger partial charge in [0.2, 0.25) is 5.91 Å². The highest BCUT2D eigenvalue weighted by molar-refractivity contribution is 6.17. The largest absolute Gasteiger partial charge is 0.480 e. The Morgan fingerprint density at radius 2 is 1.55 bits per heavy atom. The molecule has 3 atom stereocenters. The molecule has 2 amide bonds. The number of carboxylic acids is 1. The zero-order valence-electron chi connectivity index (χ0n) is 27.8. The summed E-state index contributed by atoms with van der Waals surface area (Å²) in [6, 6.07) is 28.2. The molecule has 1 aliphatic rings. The Labute approximate surface area is 285 Å². The van der Waals surface area contributed by atoms with Crippen molar-refractivity contribution in [1.29, 1.82) is 0 Å². The summed E-state index contributed by atoms with van der Waals surface area (Å²) in [6.45, 7) is 6.51. The van der Waals surface area contributed by atoms with Gasteiger partial charge in [0, 0.05) is 17.7 Å². The van der Waals surface area contributed by atoms with E-state index in [1.54, 1.807) is 69.3 Å². The Bertz CT molecular complexity index is 1770. The molecule has 9 nitrogen and oxygen atoms in total. The lowest BCUT2D eigenvalue weighted by Gasteiger charge is -2.27. The van der Waals surface area contributed by atoms with Crippen LogP contribution in [0.4, 0.5) is 14.9 Å². The molecule has 0 radical (unpaired) electrons. The van der Waals surface area contributed by atoms with E-state index in [1.165, 1.54) is 24.3 Å². The first-order valence-corrected chi connectivity index (χ1v) is 16.3. The second kappa shape index (κ2) is 15.7. The predicted molar refractivity (Wildman–Crippen MR) is 187 cm³/mol. The molecule has 254 valence electrons. The third-order valence-electron chi connectivity index (χ3n) is 8.12. The number of halogens is 1. The van der Waals surface area contributed by atoms with Crippen LogP contribution in [0, 0.1) is 5.82 Å². The van der Waals surface area contributed by atoms with E-state index in [1.807, 2.05) is 36.4 Å². The molecule has 0 unspecified atom stereocenters. The number of carbonyl (C=O) groups is 3. The first kappa shape index (κ1) is 35.0. The predicted octanol–water partition coefficient (Wildman–Crippen LogP) is 6.99. The average molecular weight is 665 g/mol. The molecule has 10 heteroatoms. The van der Waals surface area contributed by atoms with Crippen molar-refractivity contribution in [2.45, 2.75) is 63.9 Å². The number of nitrogens with one attached hydrogen (secondary N) is 2. The van der Waals surface area contributed by atoms with Gasteiger partial charge in [-0.1, -0.05) is 91.0 Å². The third-order valence-corrected chi connectivity index (χ3v) is 8.12. The Hall–Kier alpha value is -5.35. The summed E-state index contributed by atoms with van der Waals surface area (Å²) >= 11 is 0. The molecule has 1 saturated heterocycles. The van der Waals surface area contributed by atoms with Crippen LogP contribution in [0.15, 0.2) is 114 Å². The van der Waals surface area contributed by atoms with Crippen LogP contribution < -0.4 is 10.6 Å². The van der Waals surface area contributed by atoms with Gasteiger partial charge in [0.25, 0.3) is 0 Å². The first-order chi connectivity index (χ1) is 23.5. The molecular formula is C39H41FN4O5. The fraction of sp³-hybridized carbons (Fsp3) is 0.282. The van der Waals surface area contributed by atoms with E-state index in [2.05, 4.69) is 15.5 Å². The molecule has 0 aromatic heterocycles. The number of hydrogen-bond acceptors (Lipinski definition) is 6. The van der Waals surface area contributed by atoms with E-state index in [0.29, 0.717) is 35.3 Å². The number of rotatable bonds is 11. The van der Waals surface area contributed by atoms with Gasteiger partial charge < -0.3 is 20.5 Å². The van der Waals surface area contributed by atoms with E-state index in [0.717, 1.165) is 18.5 Å². The number of alkyl carbamates (subject to hydrolysis) is 1. The van der Waals surface area contributed by atoms with Crippen LogP contribution in [0.5, 0.6) is 0 Å². The molecular weight excluding hydrogens is 623 g/mol. The highest BCUT2D eigenvalue weighted by Crippen LogP contribution is 2.28. The number of likely N-dealkylation sites (tertiary alicyclic amines) is 1. The van der Waals surface area contributed by atoms with Crippen LogP contribution in [-0.4, -0.2) is 57.9 Å². The summed E-state index contributed by atoms with van der Waals surface area (Å²) in [6.07, 6.45) is 0.741. The van der Waals surface area contributed by atoms with E-state index >= 15 is 0 Å². The van der Waals surface area contributed by atoms with Crippen molar-refractivity contribution >= 4 is 29.4 Å². The minimum atomic E-state index is -1.58. The zero-order chi connectivity index (χ0) is 35.0. The Morgan fingerprint density at radius 1 is 0.918 bits per heavy atom. The summed E-state index contributed by atoms with van der Waals surface area (Å²) in [4.78, 5) is 46.8. The molecule has 1 fully saturated rings. The molecule has 49 heavy (non-hydrogen) atoms. The SMILES string of the molecule is CC(C)(C)OC(=O)N[C@H](c1ccc(F)cc1)[C@H](N=C(c1ccccc1)c1ccccc1NC(=O)[C@@H]1CCCN1Cc1ccccc1)C(=O)O. The van der Waals surface area contributed by atoms with Crippen molar-refractivity contribution in [3.63, 3.8) is 0 Å². The van der Waals surface area contributed by atoms with Crippen LogP contribution >= 0.6 is 0 Å². The zero-order valence-corrected chi connectivity index (χ0v) is 27.8. The van der Waals surface area contributed by atoms with Gasteiger partial charge >= 0.3 is 12.1 Å². The Balaban J connectivity index is 1.53. The van der Waals surface area contributed by atoms with Crippen molar-refractivity contribution in [3.8, 4) is 0 Å². The number of carboxylic acid groups (broad SMARTS) is 1. The smallest absolute Gasteiger partial charge is 0.408 e. The summed E-state index contributed by atoms with van der Waals surface area (Å²) in [5.74, 6) is -2.02. The Morgan fingerprint density at radius 3 is 2.20 bits per heavy atom. The molecule has 5 rings (SSSR count). The lowest BCUT2D eigenvalue weighted by molar-refractivity contribution is -0.139. The lowest BCUT2D eigenvalue weighted by Crippen LogP contribution is -2.42. The second-order valence-corrected chi connectivity index (χ2v) is 13.0. The van der Waals surface area contributed by atoms with Gasteiger partial charge in [0.1, 0.15) is 11.4 Å². The van der Waals surface area contributed by atoms with E-state index in [-0.39, 0.29) is 17.7 Å². The van der Waals surface area contributed by atoms with Crippen LogP contribution in [0.3, 0.4) is 0 Å². The summed E-state index contributed by atoms with van der Waals surface area (Å²) < 4.78 is 19.4. The molecule has 0 bridgehead atoms. The number of para-hydroxylation sites is 1. The van der Waals surface area contributed by atoms with Gasteiger partial charge in [-0.25, -0.2) is 14.0 Å². The average Bonchev–Trinajstić information content (AvgIpc) is 3.53. The lowest BCUT2D eigenvalue weighted by atomic mass is 9.96. The van der Waals surface area contributed by atoms with Crippen LogP contribution in [0.1, 0.15) is 61.9 Å². The molecule has 0 aliphatic carbocycles. The van der Waals surface area contributed by atoms with E-state index < -0.39 is 35.6 Å². The molecule has 4 aromatic carbocycles. The van der Waals surface area contributed by atoms with Gasteiger partial charge in [-0.15, -0.1) is 0 Å². The van der Waals surface area contributed by atoms with Gasteiger partial charge in [0.05, 0.1) is 23.5 Å². The number of aliphatic carboxylic acids is 1. The standard InChI is InChI=1S/C39H41FN4O5/c1-39(2,3)49-38(48)43-34(28-20-22-29(40)23-21-28)35(37(46)47)42-33(27-15-8-5-9-16-27)30-17-10-11-18-31(30)41-36(45)32-19-12-24-44(32)25-26-13-6-4-7-14-26/h4-11,13-18,20-23,32,34-35H,12,19,24-25H2,1-3H3,(H,41,45)(H,43,48)(H,46,47)/t32-,34+,35-/m0/s1. The minimum Gasteiger partial charge on any atom is -0.480 e. The van der Waals surface area contributed by atoms with E-state index in [9.17, 15) is 23.9 Å². The number of carbonyl (C=O) groups excluding carboxylic acids is 2. The molecule has 1 aliphatic heterocycles. The number of anilines is 1. The van der Waals surface area contributed by atoms with Crippen LogP contribution in [-0.2, 0) is 20.9 Å². The van der Waals surface area contributed by atoms with Crippen LogP contribution in [0.2, 0.25) is 0 Å². The van der Waals surface area contributed by atoms with Gasteiger partial charge in [0.15, 0.2) is 6.04 Å². The van der Waals surface area contributed by atoms with Gasteiger partial charge in [-0.05, 0) is 69.5 Å². The summed E-state index contributed by atoms with van der Waals surface area (Å²) in [5.41, 5.74) is 2.42. The Kier molecular flexibility index (Phi) is 11.2. The fourth-order valence-corrected chi connectivity index (χ4v) is 5.90. The van der Waals surface area contributed by atoms with Gasteiger partial charge in [-0.2, -0.15) is 0 Å². The van der Waals surface area contributed by atoms with Gasteiger partial charge in [-0.3, -0.25) is 14.7 Å². The molecule has 4 aromatic rings. The first-order valence-electron chi connectivity index (χ1n) is 16.3. The maximum atomic E-state index is 13.9. The van der Waals surface area contributed by atoms with Crippen molar-refractivity contribution < 1.29 is 28.6 Å². The summed E-state index contributed by atoms with van der Waals surface area (Å²) in [5, 5.41) is 16.4. The maximum Gasteiger partial charge on any atom is 0.408 e. The topological polar surface area (TPSA) is 120 Å². The molecule has 1 heterocycles. The number of ether oxygens (including phenoxy) is 1. The molecule has 0 spiro atoms. The van der Waals surface area contributed by atoms with Crippen molar-refractivity contribution in [2.75, 3.05) is 11.9 Å².